The van der Waals surface area contributed by atoms with Crippen LogP contribution in [0.15, 0.2) is 42.6 Å². The van der Waals surface area contributed by atoms with Gasteiger partial charge < -0.3 is 20.4 Å². The van der Waals surface area contributed by atoms with Gasteiger partial charge in [0, 0.05) is 55.8 Å². The molecular weight excluding hydrogens is 475 g/mol. The second kappa shape index (κ2) is 12.0. The first-order valence-electron chi connectivity index (χ1n) is 13.7. The van der Waals surface area contributed by atoms with Crippen LogP contribution in [0.1, 0.15) is 64.1 Å². The van der Waals surface area contributed by atoms with E-state index in [2.05, 4.69) is 70.5 Å². The lowest BCUT2D eigenvalue weighted by atomic mass is 9.87. The second-order valence-corrected chi connectivity index (χ2v) is 11.6. The molecule has 0 atom stereocenters. The summed E-state index contributed by atoms with van der Waals surface area (Å²) in [6.45, 7) is 13.2. The molecule has 0 radical (unpaired) electrons. The Morgan fingerprint density at radius 1 is 0.784 bits per heavy atom. The van der Waals surface area contributed by atoms with Crippen LogP contribution in [-0.2, 0) is 11.6 Å². The van der Waals surface area contributed by atoms with Crippen molar-refractivity contribution in [2.45, 2.75) is 76.6 Å². The SMILES string of the molecule is CC(C)(C)c1ccc(NC2CCN(CCCN3CCC(Nc4ccnc(C(F)(F)F)c4)CC3)CC2)cc1. The number of aromatic nitrogens is 1. The van der Waals surface area contributed by atoms with E-state index in [9.17, 15) is 13.2 Å². The lowest BCUT2D eigenvalue weighted by Gasteiger charge is -2.35. The first kappa shape index (κ1) is 27.7. The number of likely N-dealkylation sites (tertiary alicyclic amines) is 2. The van der Waals surface area contributed by atoms with E-state index < -0.39 is 11.9 Å². The number of pyridine rings is 1. The summed E-state index contributed by atoms with van der Waals surface area (Å²) in [6, 6.07) is 12.4. The third-order valence-electron chi connectivity index (χ3n) is 7.67. The van der Waals surface area contributed by atoms with Gasteiger partial charge in [0.15, 0.2) is 0 Å². The number of hydrogen-bond acceptors (Lipinski definition) is 5. The van der Waals surface area contributed by atoms with E-state index in [1.807, 2.05) is 0 Å². The predicted octanol–water partition coefficient (Wildman–Crippen LogP) is 6.24. The molecule has 2 N–H and O–H groups in total. The zero-order chi connectivity index (χ0) is 26.5. The summed E-state index contributed by atoms with van der Waals surface area (Å²) >= 11 is 0. The Balaban J connectivity index is 1.10. The molecule has 37 heavy (non-hydrogen) atoms. The van der Waals surface area contributed by atoms with Crippen LogP contribution >= 0.6 is 0 Å². The molecule has 2 aliphatic rings. The first-order chi connectivity index (χ1) is 17.6. The van der Waals surface area contributed by atoms with Crippen molar-refractivity contribution in [2.24, 2.45) is 0 Å². The van der Waals surface area contributed by atoms with Gasteiger partial charge >= 0.3 is 6.18 Å². The number of benzene rings is 1. The zero-order valence-electron chi connectivity index (χ0n) is 22.4. The summed E-state index contributed by atoms with van der Waals surface area (Å²) < 4.78 is 38.7. The molecule has 8 heteroatoms. The van der Waals surface area contributed by atoms with E-state index in [4.69, 9.17) is 0 Å². The standard InChI is InChI=1S/C29H42F3N5/c1-28(2,3)22-5-7-23(8-6-22)34-24-10-17-36(18-11-24)15-4-16-37-19-12-25(13-20-37)35-26-9-14-33-27(21-26)29(30,31)32/h5-9,14,21,24-25,34H,4,10-13,15-20H2,1-3H3,(H,33,35). The summed E-state index contributed by atoms with van der Waals surface area (Å²) in [5.74, 6) is 0. The first-order valence-corrected chi connectivity index (χ1v) is 13.7. The molecule has 5 nitrogen and oxygen atoms in total. The van der Waals surface area contributed by atoms with Crippen molar-refractivity contribution < 1.29 is 13.2 Å². The van der Waals surface area contributed by atoms with Crippen LogP contribution in [0.25, 0.3) is 0 Å². The van der Waals surface area contributed by atoms with Crippen LogP contribution in [0.2, 0.25) is 0 Å². The summed E-state index contributed by atoms with van der Waals surface area (Å²) in [5.41, 5.74) is 2.42. The second-order valence-electron chi connectivity index (χ2n) is 11.6. The highest BCUT2D eigenvalue weighted by Crippen LogP contribution is 2.29. The zero-order valence-corrected chi connectivity index (χ0v) is 22.4. The van der Waals surface area contributed by atoms with Crippen molar-refractivity contribution in [3.05, 3.63) is 53.9 Å². The van der Waals surface area contributed by atoms with Crippen LogP contribution in [0, 0.1) is 0 Å². The number of halogens is 3. The molecule has 0 spiro atoms. The van der Waals surface area contributed by atoms with Gasteiger partial charge in [0.2, 0.25) is 0 Å². The van der Waals surface area contributed by atoms with Gasteiger partial charge in [-0.05, 0) is 80.4 Å². The maximum Gasteiger partial charge on any atom is 0.433 e. The van der Waals surface area contributed by atoms with Crippen LogP contribution in [0.4, 0.5) is 24.5 Å². The highest BCUT2D eigenvalue weighted by molar-refractivity contribution is 5.47. The fourth-order valence-corrected chi connectivity index (χ4v) is 5.33. The lowest BCUT2D eigenvalue weighted by Crippen LogP contribution is -2.42. The highest BCUT2D eigenvalue weighted by Gasteiger charge is 2.32. The maximum atomic E-state index is 12.9. The topological polar surface area (TPSA) is 43.4 Å². The van der Waals surface area contributed by atoms with Gasteiger partial charge in [0.25, 0.3) is 0 Å². The van der Waals surface area contributed by atoms with Crippen molar-refractivity contribution in [2.75, 3.05) is 49.9 Å². The fraction of sp³-hybridized carbons (Fsp3) is 0.621. The summed E-state index contributed by atoms with van der Waals surface area (Å²) in [4.78, 5) is 8.51. The minimum absolute atomic E-state index is 0.181. The molecule has 2 aliphatic heterocycles. The number of alkyl halides is 3. The number of rotatable bonds is 8. The van der Waals surface area contributed by atoms with Gasteiger partial charge in [0.1, 0.15) is 5.69 Å². The van der Waals surface area contributed by atoms with Crippen LogP contribution < -0.4 is 10.6 Å². The summed E-state index contributed by atoms with van der Waals surface area (Å²) in [7, 11) is 0. The Kier molecular flexibility index (Phi) is 9.01. The quantitative estimate of drug-likeness (QED) is 0.434. The monoisotopic (exact) mass is 517 g/mol. The normalized spacial score (nSPS) is 19.2. The lowest BCUT2D eigenvalue weighted by molar-refractivity contribution is -0.141. The molecule has 2 aromatic rings. The number of nitrogens with zero attached hydrogens (tertiary/aromatic N) is 3. The number of piperidine rings is 2. The number of nitrogens with one attached hydrogen (secondary N) is 2. The Bertz CT molecular complexity index is 970. The van der Waals surface area contributed by atoms with E-state index in [0.29, 0.717) is 11.7 Å². The van der Waals surface area contributed by atoms with Crippen molar-refractivity contribution in [1.29, 1.82) is 0 Å². The Hall–Kier alpha value is -2.32. The van der Waals surface area contributed by atoms with Gasteiger partial charge in [-0.3, -0.25) is 4.98 Å². The molecule has 2 saturated heterocycles. The molecule has 2 fully saturated rings. The smallest absolute Gasteiger partial charge is 0.382 e. The molecule has 0 unspecified atom stereocenters. The molecule has 0 saturated carbocycles. The average molecular weight is 518 g/mol. The van der Waals surface area contributed by atoms with Gasteiger partial charge in [-0.1, -0.05) is 32.9 Å². The molecule has 0 aliphatic carbocycles. The number of anilines is 2. The Labute approximate surface area is 219 Å². The number of hydrogen-bond donors (Lipinski definition) is 2. The molecular formula is C29H42F3N5. The molecule has 3 heterocycles. The van der Waals surface area contributed by atoms with Crippen molar-refractivity contribution >= 4 is 11.4 Å². The summed E-state index contributed by atoms with van der Waals surface area (Å²) in [6.07, 6.45) is 2.19. The molecule has 204 valence electrons. The molecule has 4 rings (SSSR count). The third kappa shape index (κ3) is 8.34. The maximum absolute atomic E-state index is 12.9. The van der Waals surface area contributed by atoms with E-state index in [1.165, 1.54) is 30.3 Å². The van der Waals surface area contributed by atoms with E-state index in [1.54, 1.807) is 6.07 Å². The highest BCUT2D eigenvalue weighted by atomic mass is 19.4. The molecule has 0 amide bonds. The van der Waals surface area contributed by atoms with Gasteiger partial charge in [-0.2, -0.15) is 13.2 Å². The van der Waals surface area contributed by atoms with Crippen molar-refractivity contribution in [3.8, 4) is 0 Å². The van der Waals surface area contributed by atoms with Crippen LogP contribution in [0.3, 0.4) is 0 Å². The van der Waals surface area contributed by atoms with Gasteiger partial charge in [-0.25, -0.2) is 0 Å². The Morgan fingerprint density at radius 2 is 1.30 bits per heavy atom. The minimum atomic E-state index is -4.41. The van der Waals surface area contributed by atoms with E-state index in [0.717, 1.165) is 64.6 Å². The largest absolute Gasteiger partial charge is 0.433 e. The van der Waals surface area contributed by atoms with Gasteiger partial charge in [-0.15, -0.1) is 0 Å². The molecule has 1 aromatic carbocycles. The van der Waals surface area contributed by atoms with Crippen molar-refractivity contribution in [3.63, 3.8) is 0 Å². The van der Waals surface area contributed by atoms with Crippen molar-refractivity contribution in [1.82, 2.24) is 14.8 Å². The third-order valence-corrected chi connectivity index (χ3v) is 7.67. The van der Waals surface area contributed by atoms with Crippen LogP contribution in [-0.4, -0.2) is 66.1 Å². The fourth-order valence-electron chi connectivity index (χ4n) is 5.33. The summed E-state index contributed by atoms with van der Waals surface area (Å²) in [5, 5.41) is 6.99. The minimum Gasteiger partial charge on any atom is -0.382 e. The van der Waals surface area contributed by atoms with E-state index >= 15 is 0 Å². The van der Waals surface area contributed by atoms with E-state index in [-0.39, 0.29) is 11.5 Å². The van der Waals surface area contributed by atoms with Crippen LogP contribution in [0.5, 0.6) is 0 Å². The predicted molar refractivity (Wildman–Crippen MR) is 145 cm³/mol. The average Bonchev–Trinajstić information content (AvgIpc) is 2.86. The molecule has 0 bridgehead atoms. The molecule has 1 aromatic heterocycles. The van der Waals surface area contributed by atoms with Gasteiger partial charge in [0.05, 0.1) is 0 Å². The Morgan fingerprint density at radius 3 is 1.78 bits per heavy atom.